The summed E-state index contributed by atoms with van der Waals surface area (Å²) >= 11 is 0. The first-order chi connectivity index (χ1) is 26.7. The normalized spacial score (nSPS) is 14.1. The van der Waals surface area contributed by atoms with E-state index in [2.05, 4.69) is 43.5 Å². The SMILES string of the molecule is CCCCCCCCCCC/C=C/CC/C=C/CC/C=C/C(O)C(CS(=O)(=O)O)NC(=O)C(O)CCCCCCCCCCCCCCCCCCCCC. The van der Waals surface area contributed by atoms with Gasteiger partial charge in [0.2, 0.25) is 5.91 Å². The van der Waals surface area contributed by atoms with Gasteiger partial charge >= 0.3 is 0 Å². The lowest BCUT2D eigenvalue weighted by atomic mass is 10.0. The molecule has 7 nitrogen and oxygen atoms in total. The Morgan fingerprint density at radius 2 is 0.818 bits per heavy atom. The van der Waals surface area contributed by atoms with Gasteiger partial charge in [0, 0.05) is 0 Å². The fourth-order valence-electron chi connectivity index (χ4n) is 7.08. The van der Waals surface area contributed by atoms with Crippen LogP contribution in [0.5, 0.6) is 0 Å². The molecule has 3 atom stereocenters. The molecule has 0 spiro atoms. The van der Waals surface area contributed by atoms with Crippen molar-refractivity contribution in [1.29, 1.82) is 0 Å². The molecule has 3 unspecified atom stereocenters. The van der Waals surface area contributed by atoms with Crippen molar-refractivity contribution in [2.24, 2.45) is 0 Å². The Kier molecular flexibility index (Phi) is 39.6. The molecule has 0 aliphatic rings. The van der Waals surface area contributed by atoms with E-state index >= 15 is 0 Å². The number of nitrogens with one attached hydrogen (secondary N) is 1. The Hall–Kier alpha value is -1.48. The summed E-state index contributed by atoms with van der Waals surface area (Å²) in [4.78, 5) is 12.6. The molecule has 0 saturated heterocycles. The Balaban J connectivity index is 4.01. The summed E-state index contributed by atoms with van der Waals surface area (Å²) in [6, 6.07) is -1.25. The maximum Gasteiger partial charge on any atom is 0.267 e. The molecule has 0 fully saturated rings. The number of aliphatic hydroxyl groups is 2. The monoisotopic (exact) mass is 796 g/mol. The Labute approximate surface area is 340 Å². The van der Waals surface area contributed by atoms with Crippen LogP contribution < -0.4 is 5.32 Å². The van der Waals surface area contributed by atoms with Crippen LogP contribution >= 0.6 is 0 Å². The number of allylic oxidation sites excluding steroid dienone is 5. The third-order valence-corrected chi connectivity index (χ3v) is 11.4. The molecule has 0 aliphatic heterocycles. The van der Waals surface area contributed by atoms with E-state index in [1.807, 2.05) is 0 Å². The maximum absolute atomic E-state index is 12.6. The maximum atomic E-state index is 12.6. The van der Waals surface area contributed by atoms with Crippen LogP contribution in [0.2, 0.25) is 0 Å². The predicted molar refractivity (Wildman–Crippen MR) is 236 cm³/mol. The predicted octanol–water partition coefficient (Wildman–Crippen LogP) is 13.1. The molecule has 8 heteroatoms. The van der Waals surface area contributed by atoms with Crippen LogP contribution in [0.15, 0.2) is 36.5 Å². The summed E-state index contributed by atoms with van der Waals surface area (Å²) in [5, 5.41) is 23.5. The minimum Gasteiger partial charge on any atom is -0.387 e. The van der Waals surface area contributed by atoms with E-state index in [9.17, 15) is 28.0 Å². The van der Waals surface area contributed by atoms with E-state index in [0.29, 0.717) is 12.8 Å². The van der Waals surface area contributed by atoms with E-state index < -0.39 is 40.0 Å². The van der Waals surface area contributed by atoms with Gasteiger partial charge in [0.15, 0.2) is 0 Å². The van der Waals surface area contributed by atoms with Crippen molar-refractivity contribution in [1.82, 2.24) is 5.32 Å². The zero-order chi connectivity index (χ0) is 40.5. The highest BCUT2D eigenvalue weighted by atomic mass is 32.2. The second-order valence-corrected chi connectivity index (χ2v) is 17.7. The average molecular weight is 796 g/mol. The van der Waals surface area contributed by atoms with Gasteiger partial charge in [-0.1, -0.05) is 224 Å². The van der Waals surface area contributed by atoms with E-state index in [-0.39, 0.29) is 6.42 Å². The van der Waals surface area contributed by atoms with Gasteiger partial charge in [0.05, 0.1) is 17.9 Å². The number of carbonyl (C=O) groups is 1. The molecule has 0 aromatic rings. The Bertz CT molecular complexity index is 1030. The summed E-state index contributed by atoms with van der Waals surface area (Å²) in [6.07, 6.45) is 50.6. The Morgan fingerprint density at radius 1 is 0.491 bits per heavy atom. The molecule has 0 aromatic heterocycles. The van der Waals surface area contributed by atoms with E-state index in [1.54, 1.807) is 6.08 Å². The van der Waals surface area contributed by atoms with Crippen molar-refractivity contribution < 1.29 is 28.0 Å². The van der Waals surface area contributed by atoms with Crippen molar-refractivity contribution in [2.75, 3.05) is 5.75 Å². The smallest absolute Gasteiger partial charge is 0.267 e. The van der Waals surface area contributed by atoms with Gasteiger partial charge < -0.3 is 15.5 Å². The number of unbranched alkanes of at least 4 members (excludes halogenated alkanes) is 29. The summed E-state index contributed by atoms with van der Waals surface area (Å²) < 4.78 is 32.6. The van der Waals surface area contributed by atoms with E-state index in [0.717, 1.165) is 44.9 Å². The zero-order valence-electron chi connectivity index (χ0n) is 35.9. The third kappa shape index (κ3) is 40.5. The van der Waals surface area contributed by atoms with Crippen LogP contribution in [0, 0.1) is 0 Å². The quantitative estimate of drug-likeness (QED) is 0.0277. The first-order valence-electron chi connectivity index (χ1n) is 23.3. The molecule has 0 heterocycles. The lowest BCUT2D eigenvalue weighted by molar-refractivity contribution is -0.130. The molecule has 0 rings (SSSR count). The highest BCUT2D eigenvalue weighted by molar-refractivity contribution is 7.85. The van der Waals surface area contributed by atoms with E-state index in [1.165, 1.54) is 160 Å². The molecular formula is C47H89NO6S. The summed E-state index contributed by atoms with van der Waals surface area (Å²) in [7, 11) is -4.46. The number of rotatable bonds is 42. The lowest BCUT2D eigenvalue weighted by Gasteiger charge is -2.22. The first kappa shape index (κ1) is 53.5. The molecule has 0 bridgehead atoms. The average Bonchev–Trinajstić information content (AvgIpc) is 3.15. The van der Waals surface area contributed by atoms with Gasteiger partial charge in [-0.3, -0.25) is 9.35 Å². The largest absolute Gasteiger partial charge is 0.387 e. The molecular weight excluding hydrogens is 707 g/mol. The van der Waals surface area contributed by atoms with Gasteiger partial charge in [-0.25, -0.2) is 0 Å². The van der Waals surface area contributed by atoms with Crippen LogP contribution in [-0.2, 0) is 14.9 Å². The van der Waals surface area contributed by atoms with Crippen molar-refractivity contribution in [3.05, 3.63) is 36.5 Å². The highest BCUT2D eigenvalue weighted by Crippen LogP contribution is 2.16. The van der Waals surface area contributed by atoms with Gasteiger partial charge in [0.1, 0.15) is 6.10 Å². The standard InChI is InChI=1S/C47H89NO6S/c1-3-5-7-9-11-13-15-17-19-21-23-25-27-29-31-33-35-37-39-41-45(49)44(43-55(52,53)54)48-47(51)46(50)42-40-38-36-34-32-30-28-26-24-22-20-18-16-14-12-10-8-6-4-2/h23,25,31,33,39,41,44-46,49-50H,3-22,24,26-30,32,34-38,40,42-43H2,1-2H3,(H,48,51)(H,52,53,54)/b25-23+,33-31+,41-39+. The van der Waals surface area contributed by atoms with Crippen molar-refractivity contribution in [2.45, 2.75) is 250 Å². The number of carbonyl (C=O) groups excluding carboxylic acids is 1. The number of hydrogen-bond donors (Lipinski definition) is 4. The van der Waals surface area contributed by atoms with Crippen LogP contribution in [0.1, 0.15) is 232 Å². The molecule has 55 heavy (non-hydrogen) atoms. The molecule has 4 N–H and O–H groups in total. The van der Waals surface area contributed by atoms with E-state index in [4.69, 9.17) is 0 Å². The fraction of sp³-hybridized carbons (Fsp3) is 0.851. The molecule has 324 valence electrons. The number of aliphatic hydroxyl groups excluding tert-OH is 2. The van der Waals surface area contributed by atoms with Crippen molar-refractivity contribution in [3.8, 4) is 0 Å². The summed E-state index contributed by atoms with van der Waals surface area (Å²) in [5.41, 5.74) is 0. The minimum absolute atomic E-state index is 0.274. The van der Waals surface area contributed by atoms with Gasteiger partial charge in [-0.15, -0.1) is 0 Å². The highest BCUT2D eigenvalue weighted by Gasteiger charge is 2.27. The fourth-order valence-corrected chi connectivity index (χ4v) is 7.81. The van der Waals surface area contributed by atoms with Gasteiger partial charge in [0.25, 0.3) is 10.1 Å². The zero-order valence-corrected chi connectivity index (χ0v) is 36.7. The van der Waals surface area contributed by atoms with Gasteiger partial charge in [-0.2, -0.15) is 8.42 Å². The van der Waals surface area contributed by atoms with Crippen LogP contribution in [-0.4, -0.2) is 53.1 Å². The molecule has 0 radical (unpaired) electrons. The minimum atomic E-state index is -4.46. The Morgan fingerprint density at radius 3 is 1.20 bits per heavy atom. The van der Waals surface area contributed by atoms with Gasteiger partial charge in [-0.05, 0) is 44.9 Å². The molecule has 0 aliphatic carbocycles. The first-order valence-corrected chi connectivity index (χ1v) is 24.9. The third-order valence-electron chi connectivity index (χ3n) is 10.7. The molecule has 0 saturated carbocycles. The van der Waals surface area contributed by atoms with Crippen LogP contribution in [0.4, 0.5) is 0 Å². The van der Waals surface area contributed by atoms with Crippen LogP contribution in [0.3, 0.4) is 0 Å². The lowest BCUT2D eigenvalue weighted by Crippen LogP contribution is -2.50. The summed E-state index contributed by atoms with van der Waals surface area (Å²) in [5.74, 6) is -1.56. The van der Waals surface area contributed by atoms with Crippen molar-refractivity contribution in [3.63, 3.8) is 0 Å². The molecule has 1 amide bonds. The topological polar surface area (TPSA) is 124 Å². The van der Waals surface area contributed by atoms with Crippen molar-refractivity contribution >= 4 is 16.0 Å². The van der Waals surface area contributed by atoms with Crippen LogP contribution in [0.25, 0.3) is 0 Å². The molecule has 0 aromatic carbocycles. The summed E-state index contributed by atoms with van der Waals surface area (Å²) in [6.45, 7) is 4.53. The number of hydrogen-bond acceptors (Lipinski definition) is 5. The number of amides is 1. The second-order valence-electron chi connectivity index (χ2n) is 16.2. The second kappa shape index (κ2) is 40.7.